The molecule has 0 aliphatic carbocycles. The maximum atomic E-state index is 13.4. The molecule has 1 rings (SSSR count). The molecule has 0 fully saturated rings. The second-order valence-electron chi connectivity index (χ2n) is 4.92. The Bertz CT molecular complexity index is 600. The molecule has 0 aliphatic heterocycles. The highest BCUT2D eigenvalue weighted by Gasteiger charge is 2.03. The van der Waals surface area contributed by atoms with Crippen molar-refractivity contribution >= 4 is 15.8 Å². The fourth-order valence-electron chi connectivity index (χ4n) is 1.69. The number of aryl methyl sites for hydroxylation is 1. The van der Waals surface area contributed by atoms with Crippen LogP contribution in [-0.2, 0) is 16.4 Å². The first-order valence-electron chi connectivity index (χ1n) is 6.69. The van der Waals surface area contributed by atoms with Crippen molar-refractivity contribution in [3.8, 4) is 0 Å². The van der Waals surface area contributed by atoms with Gasteiger partial charge >= 0.3 is 0 Å². The number of nitrogens with zero attached hydrogens (tertiary/aromatic N) is 1. The smallest absolute Gasteiger partial charge is 0.191 e. The van der Waals surface area contributed by atoms with Gasteiger partial charge in [-0.15, -0.1) is 0 Å². The summed E-state index contributed by atoms with van der Waals surface area (Å²) in [5.74, 6) is 0.468. The molecule has 7 heteroatoms. The normalized spacial score (nSPS) is 12.3. The van der Waals surface area contributed by atoms with Gasteiger partial charge in [0, 0.05) is 26.4 Å². The van der Waals surface area contributed by atoms with Crippen LogP contribution >= 0.6 is 0 Å². The molecule has 0 spiro atoms. The predicted molar refractivity (Wildman–Crippen MR) is 83.7 cm³/mol. The van der Waals surface area contributed by atoms with Crippen LogP contribution < -0.4 is 10.6 Å². The number of hydrogen-bond acceptors (Lipinski definition) is 3. The van der Waals surface area contributed by atoms with Crippen LogP contribution in [0.4, 0.5) is 4.39 Å². The zero-order valence-corrected chi connectivity index (χ0v) is 13.4. The summed E-state index contributed by atoms with van der Waals surface area (Å²) in [6, 6.07) is 5.07. The molecule has 0 bridgehead atoms. The molecule has 0 saturated heterocycles. The molecule has 0 radical (unpaired) electrons. The van der Waals surface area contributed by atoms with Gasteiger partial charge in [-0.25, -0.2) is 12.8 Å². The quantitative estimate of drug-likeness (QED) is 0.471. The molecule has 0 aromatic heterocycles. The maximum Gasteiger partial charge on any atom is 0.191 e. The SMILES string of the molecule is CN=C(NCCCS(C)(=O)=O)NCc1ccc(C)c(F)c1. The summed E-state index contributed by atoms with van der Waals surface area (Å²) in [4.78, 5) is 4.03. The highest BCUT2D eigenvalue weighted by Crippen LogP contribution is 2.08. The van der Waals surface area contributed by atoms with Gasteiger partial charge in [0.05, 0.1) is 5.75 Å². The molecule has 21 heavy (non-hydrogen) atoms. The third-order valence-corrected chi connectivity index (χ3v) is 3.93. The van der Waals surface area contributed by atoms with Crippen molar-refractivity contribution < 1.29 is 12.8 Å². The van der Waals surface area contributed by atoms with E-state index in [0.29, 0.717) is 31.0 Å². The summed E-state index contributed by atoms with van der Waals surface area (Å²) in [5, 5.41) is 6.07. The van der Waals surface area contributed by atoms with E-state index in [2.05, 4.69) is 15.6 Å². The molecular weight excluding hydrogens is 293 g/mol. The van der Waals surface area contributed by atoms with Gasteiger partial charge in [0.2, 0.25) is 0 Å². The van der Waals surface area contributed by atoms with Crippen LogP contribution in [0, 0.1) is 12.7 Å². The first kappa shape index (κ1) is 17.4. The highest BCUT2D eigenvalue weighted by atomic mass is 32.2. The number of hydrogen-bond donors (Lipinski definition) is 2. The molecule has 0 atom stereocenters. The lowest BCUT2D eigenvalue weighted by atomic mass is 10.1. The van der Waals surface area contributed by atoms with Gasteiger partial charge in [-0.2, -0.15) is 0 Å². The number of nitrogens with one attached hydrogen (secondary N) is 2. The number of rotatable bonds is 6. The first-order chi connectivity index (χ1) is 9.81. The molecule has 2 N–H and O–H groups in total. The second-order valence-corrected chi connectivity index (χ2v) is 7.18. The second kappa shape index (κ2) is 7.97. The van der Waals surface area contributed by atoms with Gasteiger partial charge in [0.1, 0.15) is 15.7 Å². The Labute approximate surface area is 125 Å². The number of benzene rings is 1. The van der Waals surface area contributed by atoms with E-state index in [0.717, 1.165) is 5.56 Å². The lowest BCUT2D eigenvalue weighted by molar-refractivity contribution is 0.598. The lowest BCUT2D eigenvalue weighted by Gasteiger charge is -2.12. The van der Waals surface area contributed by atoms with Crippen LogP contribution in [0.2, 0.25) is 0 Å². The van der Waals surface area contributed by atoms with Crippen LogP contribution in [0.3, 0.4) is 0 Å². The first-order valence-corrected chi connectivity index (χ1v) is 8.75. The number of aliphatic imine (C=N–C) groups is 1. The van der Waals surface area contributed by atoms with Gasteiger partial charge in [0.25, 0.3) is 0 Å². The topological polar surface area (TPSA) is 70.6 Å². The van der Waals surface area contributed by atoms with Crippen molar-refractivity contribution in [3.63, 3.8) is 0 Å². The zero-order chi connectivity index (χ0) is 15.9. The Morgan fingerprint density at radius 2 is 2.05 bits per heavy atom. The summed E-state index contributed by atoms with van der Waals surface area (Å²) >= 11 is 0. The van der Waals surface area contributed by atoms with Crippen LogP contribution in [-0.4, -0.2) is 40.0 Å². The van der Waals surface area contributed by atoms with Crippen LogP contribution in [0.1, 0.15) is 17.5 Å². The molecule has 5 nitrogen and oxygen atoms in total. The zero-order valence-electron chi connectivity index (χ0n) is 12.6. The summed E-state index contributed by atoms with van der Waals surface area (Å²) in [6.45, 7) is 2.67. The van der Waals surface area contributed by atoms with Gasteiger partial charge in [-0.05, 0) is 30.5 Å². The largest absolute Gasteiger partial charge is 0.356 e. The van der Waals surface area contributed by atoms with E-state index in [9.17, 15) is 12.8 Å². The molecule has 0 unspecified atom stereocenters. The summed E-state index contributed by atoms with van der Waals surface area (Å²) in [7, 11) is -1.31. The van der Waals surface area contributed by atoms with Gasteiger partial charge in [-0.1, -0.05) is 12.1 Å². The summed E-state index contributed by atoms with van der Waals surface area (Å²) < 4.78 is 35.4. The minimum atomic E-state index is -2.93. The Morgan fingerprint density at radius 1 is 1.33 bits per heavy atom. The van der Waals surface area contributed by atoms with Crippen LogP contribution in [0.5, 0.6) is 0 Å². The van der Waals surface area contributed by atoms with Crippen LogP contribution in [0.15, 0.2) is 23.2 Å². The standard InChI is InChI=1S/C14H22FN3O2S/c1-11-5-6-12(9-13(11)15)10-18-14(16-2)17-7-4-8-21(3,19)20/h5-6,9H,4,7-8,10H2,1-3H3,(H2,16,17,18). The summed E-state index contributed by atoms with van der Waals surface area (Å²) in [6.07, 6.45) is 1.73. The highest BCUT2D eigenvalue weighted by molar-refractivity contribution is 7.90. The minimum Gasteiger partial charge on any atom is -0.356 e. The Kier molecular flexibility index (Phi) is 6.61. The molecule has 0 aliphatic rings. The lowest BCUT2D eigenvalue weighted by Crippen LogP contribution is -2.37. The molecule has 1 aromatic carbocycles. The van der Waals surface area contributed by atoms with Gasteiger partial charge < -0.3 is 10.6 Å². The van der Waals surface area contributed by atoms with E-state index in [1.807, 2.05) is 6.07 Å². The van der Waals surface area contributed by atoms with Crippen molar-refractivity contribution in [2.75, 3.05) is 25.6 Å². The third kappa shape index (κ3) is 7.08. The molecule has 0 amide bonds. The molecule has 0 saturated carbocycles. The maximum absolute atomic E-state index is 13.4. The molecule has 118 valence electrons. The van der Waals surface area contributed by atoms with E-state index in [1.54, 1.807) is 20.0 Å². The Hall–Kier alpha value is -1.63. The van der Waals surface area contributed by atoms with Crippen molar-refractivity contribution in [2.24, 2.45) is 4.99 Å². The average molecular weight is 315 g/mol. The monoisotopic (exact) mass is 315 g/mol. The van der Waals surface area contributed by atoms with E-state index < -0.39 is 9.84 Å². The fraction of sp³-hybridized carbons (Fsp3) is 0.500. The Morgan fingerprint density at radius 3 is 2.62 bits per heavy atom. The molecule has 0 heterocycles. The fourth-order valence-corrected chi connectivity index (χ4v) is 2.36. The van der Waals surface area contributed by atoms with Crippen molar-refractivity contribution in [2.45, 2.75) is 19.9 Å². The molecular formula is C14H22FN3O2S. The van der Waals surface area contributed by atoms with E-state index in [1.165, 1.54) is 12.3 Å². The van der Waals surface area contributed by atoms with Gasteiger partial charge in [-0.3, -0.25) is 4.99 Å². The van der Waals surface area contributed by atoms with E-state index in [-0.39, 0.29) is 11.6 Å². The third-order valence-electron chi connectivity index (χ3n) is 2.90. The number of halogens is 1. The van der Waals surface area contributed by atoms with Gasteiger partial charge in [0.15, 0.2) is 5.96 Å². The van der Waals surface area contributed by atoms with E-state index in [4.69, 9.17) is 0 Å². The Balaban J connectivity index is 2.39. The average Bonchev–Trinajstić information content (AvgIpc) is 2.40. The van der Waals surface area contributed by atoms with Crippen molar-refractivity contribution in [1.29, 1.82) is 0 Å². The minimum absolute atomic E-state index is 0.139. The predicted octanol–water partition coefficient (Wildman–Crippen LogP) is 1.23. The van der Waals surface area contributed by atoms with Crippen molar-refractivity contribution in [1.82, 2.24) is 10.6 Å². The van der Waals surface area contributed by atoms with E-state index >= 15 is 0 Å². The van der Waals surface area contributed by atoms with Crippen molar-refractivity contribution in [3.05, 3.63) is 35.1 Å². The van der Waals surface area contributed by atoms with Crippen LogP contribution in [0.25, 0.3) is 0 Å². The summed E-state index contributed by atoms with van der Waals surface area (Å²) in [5.41, 5.74) is 1.43. The molecule has 1 aromatic rings. The number of guanidine groups is 1. The number of sulfone groups is 1.